The normalized spacial score (nSPS) is 19.6. The van der Waals surface area contributed by atoms with Crippen LogP contribution in [0.4, 0.5) is 5.82 Å². The Balaban J connectivity index is 1.33. The van der Waals surface area contributed by atoms with Crippen LogP contribution in [0, 0.1) is 0 Å². The Labute approximate surface area is 224 Å². The van der Waals surface area contributed by atoms with E-state index in [9.17, 15) is 9.90 Å². The summed E-state index contributed by atoms with van der Waals surface area (Å²) < 4.78 is 1.78. The molecule has 1 aromatic carbocycles. The number of amides is 1. The second kappa shape index (κ2) is 10.6. The fourth-order valence-corrected chi connectivity index (χ4v) is 5.67. The van der Waals surface area contributed by atoms with Gasteiger partial charge in [-0.05, 0) is 37.4 Å². The molecule has 0 saturated carbocycles. The molecule has 4 aromatic rings. The number of anilines is 1. The van der Waals surface area contributed by atoms with Crippen molar-refractivity contribution < 1.29 is 9.90 Å². The molecule has 0 radical (unpaired) electrons. The predicted octanol–water partition coefficient (Wildman–Crippen LogP) is 2.43. The van der Waals surface area contributed by atoms with Crippen LogP contribution in [-0.2, 0) is 7.05 Å². The number of hydrogen-bond donors (Lipinski definition) is 3. The predicted molar refractivity (Wildman–Crippen MR) is 145 cm³/mol. The number of aliphatic hydroxyl groups excluding tert-OH is 1. The van der Waals surface area contributed by atoms with E-state index in [4.69, 9.17) is 4.98 Å². The van der Waals surface area contributed by atoms with Crippen molar-refractivity contribution in [2.45, 2.75) is 31.4 Å². The van der Waals surface area contributed by atoms with Gasteiger partial charge in [0.05, 0.1) is 17.9 Å². The molecule has 2 fully saturated rings. The van der Waals surface area contributed by atoms with E-state index in [0.717, 1.165) is 42.6 Å². The first-order chi connectivity index (χ1) is 18.5. The number of nitrogens with one attached hydrogen (secondary N) is 2. The number of carbonyl (C=O) groups is 1. The lowest BCUT2D eigenvalue weighted by Crippen LogP contribution is -2.38. The standard InChI is InChI=1S/C26H29N9O2S/c1-34-14-18(11-29-34)16-4-2-5-17(10-16)22-28-13-21(23(31-22)30-19-6-3-8-27-12-19)24-32-33-25(38-24)26(37)35-9-7-20(36)15-35/h2,4-5,10-11,13-14,19-20,27,36H,3,6-9,12,15H2,1H3,(H,28,30,31). The SMILES string of the molecule is Cn1cc(-c2cccc(-c3ncc(-c4nnc(C(=O)N5CCC(O)C5)s4)c(NC4CCCNC4)n3)c2)cn1. The number of β-amino-alcohol motifs (C(OH)–C–C–N with tert-alkyl or cyclic N) is 1. The number of aliphatic hydroxyl groups is 1. The van der Waals surface area contributed by atoms with Crippen LogP contribution in [0.2, 0.25) is 0 Å². The van der Waals surface area contributed by atoms with E-state index in [-0.39, 0.29) is 11.9 Å². The van der Waals surface area contributed by atoms with Gasteiger partial charge in [0, 0.05) is 56.2 Å². The fraction of sp³-hybridized carbons (Fsp3) is 0.385. The van der Waals surface area contributed by atoms with Gasteiger partial charge in [-0.3, -0.25) is 9.48 Å². The summed E-state index contributed by atoms with van der Waals surface area (Å²) in [5, 5.41) is 30.5. The number of aryl methyl sites for hydroxylation is 1. The highest BCUT2D eigenvalue weighted by atomic mass is 32.1. The molecule has 0 spiro atoms. The van der Waals surface area contributed by atoms with E-state index in [1.807, 2.05) is 37.6 Å². The van der Waals surface area contributed by atoms with Crippen LogP contribution in [0.25, 0.3) is 33.1 Å². The van der Waals surface area contributed by atoms with Crippen LogP contribution in [0.3, 0.4) is 0 Å². The number of aromatic nitrogens is 6. The highest BCUT2D eigenvalue weighted by molar-refractivity contribution is 7.16. The molecule has 38 heavy (non-hydrogen) atoms. The van der Waals surface area contributed by atoms with Crippen molar-refractivity contribution >= 4 is 23.1 Å². The lowest BCUT2D eigenvalue weighted by molar-refractivity contribution is 0.0763. The quantitative estimate of drug-likeness (QED) is 0.343. The van der Waals surface area contributed by atoms with Crippen molar-refractivity contribution in [1.82, 2.24) is 40.2 Å². The molecule has 2 atom stereocenters. The van der Waals surface area contributed by atoms with Crippen LogP contribution in [0.1, 0.15) is 29.1 Å². The molecule has 2 aliphatic heterocycles. The highest BCUT2D eigenvalue weighted by Gasteiger charge is 2.28. The highest BCUT2D eigenvalue weighted by Crippen LogP contribution is 2.33. The molecule has 11 nitrogen and oxygen atoms in total. The summed E-state index contributed by atoms with van der Waals surface area (Å²) in [5.74, 6) is 1.06. The molecule has 0 aliphatic carbocycles. The number of hydrogen-bond acceptors (Lipinski definition) is 10. The van der Waals surface area contributed by atoms with Crippen LogP contribution in [0.5, 0.6) is 0 Å². The van der Waals surface area contributed by atoms with E-state index in [0.29, 0.717) is 46.7 Å². The number of benzene rings is 1. The van der Waals surface area contributed by atoms with Crippen molar-refractivity contribution in [3.05, 3.63) is 47.9 Å². The van der Waals surface area contributed by atoms with Gasteiger partial charge < -0.3 is 20.6 Å². The van der Waals surface area contributed by atoms with Crippen molar-refractivity contribution in [2.75, 3.05) is 31.5 Å². The maximum Gasteiger partial charge on any atom is 0.284 e. The summed E-state index contributed by atoms with van der Waals surface area (Å²) in [6.45, 7) is 2.69. The first kappa shape index (κ1) is 24.6. The average Bonchev–Trinajstić information content (AvgIpc) is 3.70. The Hall–Kier alpha value is -3.74. The Bertz CT molecular complexity index is 1450. The summed E-state index contributed by atoms with van der Waals surface area (Å²) in [7, 11) is 1.90. The maximum absolute atomic E-state index is 12.9. The molecule has 5 heterocycles. The summed E-state index contributed by atoms with van der Waals surface area (Å²) >= 11 is 1.22. The zero-order valence-corrected chi connectivity index (χ0v) is 21.9. The minimum Gasteiger partial charge on any atom is -0.391 e. The summed E-state index contributed by atoms with van der Waals surface area (Å²) in [6, 6.07) is 8.30. The number of likely N-dealkylation sites (tertiary alicyclic amines) is 1. The second-order valence-electron chi connectivity index (χ2n) is 9.73. The zero-order chi connectivity index (χ0) is 26.1. The third kappa shape index (κ3) is 5.15. The third-order valence-electron chi connectivity index (χ3n) is 6.87. The fourth-order valence-electron chi connectivity index (χ4n) is 4.84. The van der Waals surface area contributed by atoms with Gasteiger partial charge >= 0.3 is 0 Å². The molecule has 2 aliphatic rings. The maximum atomic E-state index is 12.9. The molecule has 12 heteroatoms. The lowest BCUT2D eigenvalue weighted by atomic mass is 10.1. The van der Waals surface area contributed by atoms with Crippen LogP contribution in [0.15, 0.2) is 42.9 Å². The molecule has 2 saturated heterocycles. The molecule has 6 rings (SSSR count). The van der Waals surface area contributed by atoms with E-state index < -0.39 is 6.10 Å². The number of rotatable bonds is 6. The molecule has 3 N–H and O–H groups in total. The van der Waals surface area contributed by atoms with Gasteiger partial charge in [-0.1, -0.05) is 29.5 Å². The zero-order valence-electron chi connectivity index (χ0n) is 21.0. The van der Waals surface area contributed by atoms with Crippen molar-refractivity contribution in [3.8, 4) is 33.1 Å². The number of piperidine rings is 1. The largest absolute Gasteiger partial charge is 0.391 e. The Morgan fingerprint density at radius 3 is 2.84 bits per heavy atom. The Kier molecular flexibility index (Phi) is 6.83. The van der Waals surface area contributed by atoms with Gasteiger partial charge in [-0.15, -0.1) is 10.2 Å². The summed E-state index contributed by atoms with van der Waals surface area (Å²) in [5.41, 5.74) is 3.66. The minimum absolute atomic E-state index is 0.207. The monoisotopic (exact) mass is 531 g/mol. The summed E-state index contributed by atoms with van der Waals surface area (Å²) in [6.07, 6.45) is 7.77. The topological polar surface area (TPSA) is 134 Å². The molecule has 196 valence electrons. The van der Waals surface area contributed by atoms with Crippen LogP contribution < -0.4 is 10.6 Å². The van der Waals surface area contributed by atoms with Gasteiger partial charge in [0.15, 0.2) is 10.8 Å². The first-order valence-electron chi connectivity index (χ1n) is 12.8. The molecule has 2 unspecified atom stereocenters. The van der Waals surface area contributed by atoms with Gasteiger partial charge in [0.1, 0.15) is 5.82 Å². The van der Waals surface area contributed by atoms with Gasteiger partial charge in [-0.2, -0.15) is 5.10 Å². The van der Waals surface area contributed by atoms with E-state index >= 15 is 0 Å². The molecule has 0 bridgehead atoms. The minimum atomic E-state index is -0.483. The van der Waals surface area contributed by atoms with Gasteiger partial charge in [-0.25, -0.2) is 9.97 Å². The smallest absolute Gasteiger partial charge is 0.284 e. The Morgan fingerprint density at radius 1 is 1.18 bits per heavy atom. The van der Waals surface area contributed by atoms with Crippen molar-refractivity contribution in [3.63, 3.8) is 0 Å². The second-order valence-corrected chi connectivity index (χ2v) is 10.7. The van der Waals surface area contributed by atoms with E-state index in [1.54, 1.807) is 15.8 Å². The Morgan fingerprint density at radius 2 is 2.08 bits per heavy atom. The molecular formula is C26H29N9O2S. The van der Waals surface area contributed by atoms with Crippen LogP contribution in [-0.4, -0.2) is 84.2 Å². The van der Waals surface area contributed by atoms with E-state index in [2.05, 4.69) is 37.0 Å². The number of nitrogens with zero attached hydrogens (tertiary/aromatic N) is 7. The molecule has 3 aromatic heterocycles. The van der Waals surface area contributed by atoms with Crippen molar-refractivity contribution in [1.29, 1.82) is 0 Å². The molecular weight excluding hydrogens is 502 g/mol. The molecule has 1 amide bonds. The van der Waals surface area contributed by atoms with Crippen LogP contribution >= 0.6 is 11.3 Å². The number of carbonyl (C=O) groups excluding carboxylic acids is 1. The van der Waals surface area contributed by atoms with Gasteiger partial charge in [0.25, 0.3) is 5.91 Å². The van der Waals surface area contributed by atoms with E-state index in [1.165, 1.54) is 11.3 Å². The third-order valence-corrected chi connectivity index (χ3v) is 7.82. The first-order valence-corrected chi connectivity index (χ1v) is 13.6. The van der Waals surface area contributed by atoms with Gasteiger partial charge in [0.2, 0.25) is 5.01 Å². The summed E-state index contributed by atoms with van der Waals surface area (Å²) in [4.78, 5) is 24.1. The average molecular weight is 532 g/mol. The van der Waals surface area contributed by atoms with Crippen molar-refractivity contribution in [2.24, 2.45) is 7.05 Å². The lowest BCUT2D eigenvalue weighted by Gasteiger charge is -2.25.